The normalized spacial score (nSPS) is 14.9. The third-order valence-corrected chi connectivity index (χ3v) is 4.41. The molecule has 22 heavy (non-hydrogen) atoms. The Balaban J connectivity index is 2.40. The van der Waals surface area contributed by atoms with Crippen molar-refractivity contribution in [2.24, 2.45) is 10.3 Å². The first-order chi connectivity index (χ1) is 10.4. The van der Waals surface area contributed by atoms with Crippen molar-refractivity contribution in [3.8, 4) is 6.07 Å². The van der Waals surface area contributed by atoms with Gasteiger partial charge in [-0.1, -0.05) is 26.0 Å². The molecule has 1 aromatic rings. The number of nitriles is 1. The smallest absolute Gasteiger partial charge is 0.273 e. The second-order valence-corrected chi connectivity index (χ2v) is 6.65. The molecule has 0 aromatic heterocycles. The van der Waals surface area contributed by atoms with E-state index in [1.807, 2.05) is 6.07 Å². The molecular weight excluding hydrogens is 304 g/mol. The van der Waals surface area contributed by atoms with Gasteiger partial charge in [0.15, 0.2) is 5.84 Å². The van der Waals surface area contributed by atoms with Crippen molar-refractivity contribution in [1.82, 2.24) is 10.4 Å². The van der Waals surface area contributed by atoms with Gasteiger partial charge in [-0.3, -0.25) is 15.2 Å². The van der Waals surface area contributed by atoms with Crippen LogP contribution in [0.1, 0.15) is 25.8 Å². The third-order valence-electron chi connectivity index (χ3n) is 3.08. The van der Waals surface area contributed by atoms with Crippen molar-refractivity contribution < 1.29 is 13.2 Å². The second kappa shape index (κ2) is 6.15. The molecule has 116 valence electrons. The molecule has 1 aromatic carbocycles. The van der Waals surface area contributed by atoms with Crippen molar-refractivity contribution in [1.29, 1.82) is 5.26 Å². The summed E-state index contributed by atoms with van der Waals surface area (Å²) in [5.41, 5.74) is 3.04. The molecule has 1 aliphatic rings. The summed E-state index contributed by atoms with van der Waals surface area (Å²) in [5, 5.41) is 10.1. The van der Waals surface area contributed by atoms with Crippen molar-refractivity contribution in [3.63, 3.8) is 0 Å². The number of benzene rings is 1. The summed E-state index contributed by atoms with van der Waals surface area (Å²) >= 11 is 0. The van der Waals surface area contributed by atoms with E-state index in [9.17, 15) is 13.2 Å². The molecule has 0 atom stereocenters. The van der Waals surface area contributed by atoms with Crippen LogP contribution in [0.25, 0.3) is 0 Å². The summed E-state index contributed by atoms with van der Waals surface area (Å²) in [6.07, 6.45) is 0.125. The summed E-state index contributed by atoms with van der Waals surface area (Å²) in [6.45, 7) is 3.59. The van der Waals surface area contributed by atoms with Gasteiger partial charge in [0, 0.05) is 11.5 Å². The second-order valence-electron chi connectivity index (χ2n) is 5.08. The SMILES string of the molecule is CC(C)C(=O)NN(CCC#N)C1=NS(=O)(=O)c2ccccc21. The average molecular weight is 320 g/mol. The highest BCUT2D eigenvalue weighted by atomic mass is 32.2. The van der Waals surface area contributed by atoms with Gasteiger partial charge in [0.25, 0.3) is 10.0 Å². The van der Waals surface area contributed by atoms with E-state index in [0.29, 0.717) is 5.56 Å². The number of hydrazine groups is 1. The average Bonchev–Trinajstić information content (AvgIpc) is 2.75. The fourth-order valence-electron chi connectivity index (χ4n) is 1.92. The van der Waals surface area contributed by atoms with Crippen LogP contribution in [0.15, 0.2) is 33.6 Å². The topological polar surface area (TPSA) is 103 Å². The fourth-order valence-corrected chi connectivity index (χ4v) is 3.13. The number of nitrogens with one attached hydrogen (secondary N) is 1. The number of amidine groups is 1. The standard InChI is InChI=1S/C14H16N4O3S/c1-10(2)14(19)16-18(9-5-8-15)13-11-6-3-4-7-12(11)22(20,21)17-13/h3-4,6-7,10H,5,9H2,1-2H3,(H,16,19). The van der Waals surface area contributed by atoms with Crippen molar-refractivity contribution in [3.05, 3.63) is 29.8 Å². The largest absolute Gasteiger partial charge is 0.285 e. The van der Waals surface area contributed by atoms with Gasteiger partial charge in [-0.15, -0.1) is 4.40 Å². The Labute approximate surface area is 129 Å². The zero-order valence-electron chi connectivity index (χ0n) is 12.3. The van der Waals surface area contributed by atoms with Crippen LogP contribution in [-0.4, -0.2) is 31.7 Å². The van der Waals surface area contributed by atoms with E-state index in [-0.39, 0.29) is 35.5 Å². The van der Waals surface area contributed by atoms with Crippen LogP contribution < -0.4 is 5.43 Å². The van der Waals surface area contributed by atoms with Crippen LogP contribution in [-0.2, 0) is 14.8 Å². The lowest BCUT2D eigenvalue weighted by atomic mass is 10.2. The van der Waals surface area contributed by atoms with Gasteiger partial charge in [0.1, 0.15) is 4.90 Å². The molecule has 0 aliphatic carbocycles. The first-order valence-corrected chi connectivity index (χ1v) is 8.20. The molecule has 0 spiro atoms. The van der Waals surface area contributed by atoms with Crippen LogP contribution in [0.2, 0.25) is 0 Å². The van der Waals surface area contributed by atoms with Gasteiger partial charge in [0.2, 0.25) is 5.91 Å². The van der Waals surface area contributed by atoms with Crippen LogP contribution >= 0.6 is 0 Å². The molecule has 1 heterocycles. The molecular formula is C14H16N4O3S. The first kappa shape index (κ1) is 16.0. The lowest BCUT2D eigenvalue weighted by molar-refractivity contribution is -0.127. The van der Waals surface area contributed by atoms with Crippen molar-refractivity contribution in [2.75, 3.05) is 6.54 Å². The van der Waals surface area contributed by atoms with Gasteiger partial charge in [-0.25, -0.2) is 0 Å². The summed E-state index contributed by atoms with van der Waals surface area (Å²) in [7, 11) is -3.77. The van der Waals surface area contributed by atoms with Crippen LogP contribution in [0, 0.1) is 17.2 Å². The highest BCUT2D eigenvalue weighted by Crippen LogP contribution is 2.26. The summed E-state index contributed by atoms with van der Waals surface area (Å²) in [4.78, 5) is 12.0. The van der Waals surface area contributed by atoms with E-state index >= 15 is 0 Å². The number of fused-ring (bicyclic) bond motifs is 1. The quantitative estimate of drug-likeness (QED) is 0.838. The molecule has 8 heteroatoms. The Bertz CT molecular complexity index is 763. The van der Waals surface area contributed by atoms with E-state index in [1.165, 1.54) is 11.1 Å². The molecule has 1 amide bonds. The number of amides is 1. The van der Waals surface area contributed by atoms with Crippen molar-refractivity contribution in [2.45, 2.75) is 25.2 Å². The van der Waals surface area contributed by atoms with Gasteiger partial charge in [-0.05, 0) is 12.1 Å². The third kappa shape index (κ3) is 3.09. The number of rotatable bonds is 3. The summed E-state index contributed by atoms with van der Waals surface area (Å²) < 4.78 is 27.9. The van der Waals surface area contributed by atoms with E-state index < -0.39 is 10.0 Å². The number of carbonyl (C=O) groups is 1. The summed E-state index contributed by atoms with van der Waals surface area (Å²) in [5.74, 6) is -0.416. The maximum atomic E-state index is 12.1. The lowest BCUT2D eigenvalue weighted by Gasteiger charge is -2.25. The number of sulfonamides is 1. The van der Waals surface area contributed by atoms with Crippen LogP contribution in [0.5, 0.6) is 0 Å². The lowest BCUT2D eigenvalue weighted by Crippen LogP contribution is -2.48. The fraction of sp³-hybridized carbons (Fsp3) is 0.357. The minimum Gasteiger partial charge on any atom is -0.273 e. The van der Waals surface area contributed by atoms with Crippen LogP contribution in [0.4, 0.5) is 0 Å². The number of nitrogens with zero attached hydrogens (tertiary/aromatic N) is 3. The number of hydrogen-bond acceptors (Lipinski definition) is 5. The highest BCUT2D eigenvalue weighted by molar-refractivity contribution is 7.90. The zero-order chi connectivity index (χ0) is 16.3. The number of carbonyl (C=O) groups excluding carboxylic acids is 1. The molecule has 1 N–H and O–H groups in total. The van der Waals surface area contributed by atoms with Gasteiger partial charge in [0.05, 0.1) is 19.0 Å². The van der Waals surface area contributed by atoms with E-state index in [4.69, 9.17) is 5.26 Å². The minimum atomic E-state index is -3.77. The Morgan fingerprint density at radius 2 is 2.09 bits per heavy atom. The highest BCUT2D eigenvalue weighted by Gasteiger charge is 2.32. The molecule has 7 nitrogen and oxygen atoms in total. The monoisotopic (exact) mass is 320 g/mol. The Kier molecular flexibility index (Phi) is 4.47. The molecule has 2 rings (SSSR count). The predicted octanol–water partition coefficient (Wildman–Crippen LogP) is 1.04. The van der Waals surface area contributed by atoms with Crippen LogP contribution in [0.3, 0.4) is 0 Å². The van der Waals surface area contributed by atoms with Gasteiger partial charge < -0.3 is 0 Å². The Morgan fingerprint density at radius 1 is 1.41 bits per heavy atom. The number of hydrogen-bond donors (Lipinski definition) is 1. The maximum Gasteiger partial charge on any atom is 0.285 e. The summed E-state index contributed by atoms with van der Waals surface area (Å²) in [6, 6.07) is 8.37. The van der Waals surface area contributed by atoms with E-state index in [1.54, 1.807) is 32.0 Å². The van der Waals surface area contributed by atoms with Gasteiger partial charge in [-0.2, -0.15) is 13.7 Å². The van der Waals surface area contributed by atoms with Gasteiger partial charge >= 0.3 is 0 Å². The first-order valence-electron chi connectivity index (χ1n) is 6.76. The maximum absolute atomic E-state index is 12.1. The van der Waals surface area contributed by atoms with E-state index in [2.05, 4.69) is 9.82 Å². The predicted molar refractivity (Wildman–Crippen MR) is 80.1 cm³/mol. The molecule has 0 saturated carbocycles. The van der Waals surface area contributed by atoms with E-state index in [0.717, 1.165) is 0 Å². The molecule has 0 fully saturated rings. The zero-order valence-corrected chi connectivity index (χ0v) is 13.1. The molecule has 0 bridgehead atoms. The molecule has 0 unspecified atom stereocenters. The Hall–Kier alpha value is -2.40. The molecule has 1 aliphatic heterocycles. The minimum absolute atomic E-state index is 0.103. The molecule has 0 saturated heterocycles. The molecule has 0 radical (unpaired) electrons. The Morgan fingerprint density at radius 3 is 2.73 bits per heavy atom. The van der Waals surface area contributed by atoms with Crippen molar-refractivity contribution >= 4 is 21.8 Å².